The van der Waals surface area contributed by atoms with E-state index in [1.165, 1.54) is 16.8 Å². The largest absolute Gasteiger partial charge is 0.396 e. The third-order valence-electron chi connectivity index (χ3n) is 3.72. The predicted octanol–water partition coefficient (Wildman–Crippen LogP) is 0.595. The van der Waals surface area contributed by atoms with E-state index in [2.05, 4.69) is 15.5 Å². The van der Waals surface area contributed by atoms with Gasteiger partial charge in [-0.25, -0.2) is 17.5 Å². The number of rotatable bonds is 2. The van der Waals surface area contributed by atoms with Crippen LogP contribution in [0.5, 0.6) is 0 Å². The van der Waals surface area contributed by atoms with E-state index in [-0.39, 0.29) is 17.2 Å². The van der Waals surface area contributed by atoms with Crippen molar-refractivity contribution in [3.8, 4) is 11.4 Å². The maximum Gasteiger partial charge on any atom is 0.182 e. The number of aromatic nitrogens is 4. The molecule has 1 aromatic heterocycles. The number of benzene rings is 1. The average molecular weight is 311 g/mol. The van der Waals surface area contributed by atoms with Crippen LogP contribution in [0.1, 0.15) is 13.3 Å². The van der Waals surface area contributed by atoms with Gasteiger partial charge in [-0.05, 0) is 42.0 Å². The van der Waals surface area contributed by atoms with Crippen molar-refractivity contribution in [2.24, 2.45) is 0 Å². The van der Waals surface area contributed by atoms with Crippen LogP contribution in [0.2, 0.25) is 0 Å². The van der Waals surface area contributed by atoms with E-state index < -0.39 is 21.2 Å². The Labute approximate surface area is 120 Å². The first kappa shape index (κ1) is 13.9. The van der Waals surface area contributed by atoms with Gasteiger partial charge in [-0.2, -0.15) is 0 Å². The summed E-state index contributed by atoms with van der Waals surface area (Å²) in [6.45, 7) is 1.78. The van der Waals surface area contributed by atoms with Gasteiger partial charge in [0.2, 0.25) is 0 Å². The molecule has 0 amide bonds. The fourth-order valence-corrected chi connectivity index (χ4v) is 4.67. The summed E-state index contributed by atoms with van der Waals surface area (Å²) in [5.41, 5.74) is 5.21. The molecule has 1 fully saturated rings. The maximum absolute atomic E-state index is 13.6. The molecule has 7 nitrogen and oxygen atoms in total. The smallest absolute Gasteiger partial charge is 0.182 e. The maximum atomic E-state index is 13.6. The Morgan fingerprint density at radius 3 is 2.81 bits per heavy atom. The molecule has 1 aliphatic heterocycles. The molecule has 0 spiro atoms. The van der Waals surface area contributed by atoms with Gasteiger partial charge in [0.25, 0.3) is 0 Å². The van der Waals surface area contributed by atoms with Gasteiger partial charge in [0.05, 0.1) is 22.7 Å². The van der Waals surface area contributed by atoms with Crippen LogP contribution in [-0.2, 0) is 15.4 Å². The van der Waals surface area contributed by atoms with E-state index in [0.717, 1.165) is 0 Å². The Morgan fingerprint density at radius 2 is 2.19 bits per heavy atom. The molecule has 1 atom stereocenters. The van der Waals surface area contributed by atoms with Crippen molar-refractivity contribution >= 4 is 15.5 Å². The van der Waals surface area contributed by atoms with Crippen LogP contribution >= 0.6 is 0 Å². The van der Waals surface area contributed by atoms with E-state index in [4.69, 9.17) is 5.73 Å². The standard InChI is InChI=1S/C12H14FN5O2S/c1-12(4-5-21(19,20)7-12)18-11(15-16-17-18)8-2-3-10(14)9(13)6-8/h2-3,6H,4-5,7,14H2,1H3. The van der Waals surface area contributed by atoms with Crippen LogP contribution in [0, 0.1) is 5.82 Å². The number of sulfone groups is 1. The van der Waals surface area contributed by atoms with Gasteiger partial charge in [-0.3, -0.25) is 0 Å². The van der Waals surface area contributed by atoms with Crippen LogP contribution in [0.4, 0.5) is 10.1 Å². The second-order valence-electron chi connectivity index (χ2n) is 5.49. The summed E-state index contributed by atoms with van der Waals surface area (Å²) in [6.07, 6.45) is 0.421. The number of halogens is 1. The molecule has 1 saturated heterocycles. The van der Waals surface area contributed by atoms with Crippen LogP contribution in [0.25, 0.3) is 11.4 Å². The lowest BCUT2D eigenvalue weighted by atomic mass is 10.0. The molecule has 0 aliphatic carbocycles. The molecule has 9 heteroatoms. The molecule has 1 aromatic carbocycles. The first-order valence-corrected chi connectivity index (χ1v) is 8.18. The van der Waals surface area contributed by atoms with Gasteiger partial charge in [-0.15, -0.1) is 5.10 Å². The third kappa shape index (κ3) is 2.37. The summed E-state index contributed by atoms with van der Waals surface area (Å²) in [7, 11) is -3.10. The van der Waals surface area contributed by atoms with Crippen molar-refractivity contribution in [1.82, 2.24) is 20.2 Å². The fourth-order valence-electron chi connectivity index (χ4n) is 2.56. The minimum Gasteiger partial charge on any atom is -0.396 e. The number of hydrogen-bond acceptors (Lipinski definition) is 6. The molecule has 1 aliphatic rings. The van der Waals surface area contributed by atoms with Crippen LogP contribution in [-0.4, -0.2) is 40.1 Å². The highest BCUT2D eigenvalue weighted by Crippen LogP contribution is 2.33. The van der Waals surface area contributed by atoms with Gasteiger partial charge in [0.1, 0.15) is 5.82 Å². The molecule has 2 N–H and O–H groups in total. The zero-order valence-electron chi connectivity index (χ0n) is 11.3. The van der Waals surface area contributed by atoms with Gasteiger partial charge in [0, 0.05) is 5.56 Å². The molecule has 112 valence electrons. The number of nitrogen functional groups attached to an aromatic ring is 1. The first-order chi connectivity index (χ1) is 9.81. The minimum absolute atomic E-state index is 0.0322. The summed E-state index contributed by atoms with van der Waals surface area (Å²) in [6, 6.07) is 4.27. The molecule has 2 aromatic rings. The van der Waals surface area contributed by atoms with Crippen molar-refractivity contribution in [2.45, 2.75) is 18.9 Å². The number of hydrogen-bond donors (Lipinski definition) is 1. The molecule has 21 heavy (non-hydrogen) atoms. The quantitative estimate of drug-likeness (QED) is 0.814. The number of tetrazole rings is 1. The lowest BCUT2D eigenvalue weighted by molar-refractivity contribution is 0.325. The van der Waals surface area contributed by atoms with Crippen molar-refractivity contribution in [3.63, 3.8) is 0 Å². The Hall–Kier alpha value is -2.03. The highest BCUT2D eigenvalue weighted by atomic mass is 32.2. The lowest BCUT2D eigenvalue weighted by Gasteiger charge is -2.23. The lowest BCUT2D eigenvalue weighted by Crippen LogP contribution is -2.33. The summed E-state index contributed by atoms with van der Waals surface area (Å²) < 4.78 is 38.5. The number of nitrogens with two attached hydrogens (primary N) is 1. The van der Waals surface area contributed by atoms with E-state index >= 15 is 0 Å². The van der Waals surface area contributed by atoms with E-state index in [0.29, 0.717) is 17.8 Å². The zero-order chi connectivity index (χ0) is 15.3. The highest BCUT2D eigenvalue weighted by Gasteiger charge is 2.42. The van der Waals surface area contributed by atoms with Crippen molar-refractivity contribution in [2.75, 3.05) is 17.2 Å². The fraction of sp³-hybridized carbons (Fsp3) is 0.417. The molecule has 0 radical (unpaired) electrons. The average Bonchev–Trinajstić information content (AvgIpc) is 2.98. The van der Waals surface area contributed by atoms with Crippen LogP contribution in [0.3, 0.4) is 0 Å². The van der Waals surface area contributed by atoms with Crippen LogP contribution < -0.4 is 5.73 Å². The summed E-state index contributed by atoms with van der Waals surface area (Å²) in [4.78, 5) is 0. The van der Waals surface area contributed by atoms with Crippen molar-refractivity contribution in [1.29, 1.82) is 0 Å². The van der Waals surface area contributed by atoms with Crippen molar-refractivity contribution < 1.29 is 12.8 Å². The molecule has 1 unspecified atom stereocenters. The van der Waals surface area contributed by atoms with Gasteiger partial charge in [0.15, 0.2) is 15.7 Å². The normalized spacial score (nSPS) is 24.3. The van der Waals surface area contributed by atoms with Gasteiger partial charge >= 0.3 is 0 Å². The second kappa shape index (κ2) is 4.48. The van der Waals surface area contributed by atoms with Gasteiger partial charge in [-0.1, -0.05) is 0 Å². The van der Waals surface area contributed by atoms with E-state index in [1.807, 2.05) is 0 Å². The molecule has 3 rings (SSSR count). The number of nitrogens with zero attached hydrogens (tertiary/aromatic N) is 4. The minimum atomic E-state index is -3.10. The Bertz CT molecular complexity index is 804. The summed E-state index contributed by atoms with van der Waals surface area (Å²) in [5, 5.41) is 11.4. The third-order valence-corrected chi connectivity index (χ3v) is 5.61. The highest BCUT2D eigenvalue weighted by molar-refractivity contribution is 7.91. The van der Waals surface area contributed by atoms with E-state index in [9.17, 15) is 12.8 Å². The summed E-state index contributed by atoms with van der Waals surface area (Å²) >= 11 is 0. The topological polar surface area (TPSA) is 104 Å². The second-order valence-corrected chi connectivity index (χ2v) is 7.67. The first-order valence-electron chi connectivity index (χ1n) is 6.35. The molecular formula is C12H14FN5O2S. The molecule has 0 saturated carbocycles. The monoisotopic (exact) mass is 311 g/mol. The number of anilines is 1. The Morgan fingerprint density at radius 1 is 1.43 bits per heavy atom. The van der Waals surface area contributed by atoms with E-state index in [1.54, 1.807) is 13.0 Å². The zero-order valence-corrected chi connectivity index (χ0v) is 12.1. The summed E-state index contributed by atoms with van der Waals surface area (Å²) in [5.74, 6) is -0.172. The SMILES string of the molecule is CC1(n2nnnc2-c2ccc(N)c(F)c2)CCS(=O)(=O)C1. The molecule has 2 heterocycles. The molecular weight excluding hydrogens is 297 g/mol. The predicted molar refractivity (Wildman–Crippen MR) is 74.5 cm³/mol. The Balaban J connectivity index is 2.07. The van der Waals surface area contributed by atoms with Crippen LogP contribution in [0.15, 0.2) is 18.2 Å². The van der Waals surface area contributed by atoms with Gasteiger partial charge < -0.3 is 5.73 Å². The molecule has 0 bridgehead atoms. The van der Waals surface area contributed by atoms with Crippen molar-refractivity contribution in [3.05, 3.63) is 24.0 Å². The Kier molecular flexibility index (Phi) is 2.97.